The minimum Gasteiger partial charge on any atom is -0.478 e. The molecule has 2 rings (SSSR count). The average molecular weight is 291 g/mol. The molecule has 1 aromatic heterocycles. The van der Waals surface area contributed by atoms with Crippen LogP contribution in [0.4, 0.5) is 5.69 Å². The molecule has 0 saturated heterocycles. The van der Waals surface area contributed by atoms with Gasteiger partial charge in [-0.05, 0) is 24.3 Å². The Labute approximate surface area is 119 Å². The lowest BCUT2D eigenvalue weighted by atomic mass is 10.2. The second-order valence-electron chi connectivity index (χ2n) is 4.04. The molecule has 1 amide bonds. The molecule has 7 heteroatoms. The van der Waals surface area contributed by atoms with Crippen molar-refractivity contribution in [3.8, 4) is 0 Å². The van der Waals surface area contributed by atoms with Crippen LogP contribution in [-0.4, -0.2) is 22.0 Å². The van der Waals surface area contributed by atoms with Gasteiger partial charge in [0.2, 0.25) is 5.91 Å². The van der Waals surface area contributed by atoms with E-state index in [-0.39, 0.29) is 17.9 Å². The highest BCUT2D eigenvalue weighted by atomic mass is 32.1. The quantitative estimate of drug-likeness (QED) is 0.773. The van der Waals surface area contributed by atoms with E-state index in [1.54, 1.807) is 17.5 Å². The first kappa shape index (κ1) is 14.2. The van der Waals surface area contributed by atoms with Crippen LogP contribution in [0.5, 0.6) is 0 Å². The Kier molecular flexibility index (Phi) is 4.44. The largest absolute Gasteiger partial charge is 0.478 e. The minimum atomic E-state index is -1.00. The molecule has 0 fully saturated rings. The van der Waals surface area contributed by atoms with E-state index < -0.39 is 5.97 Å². The van der Waals surface area contributed by atoms with Gasteiger partial charge >= 0.3 is 5.97 Å². The lowest BCUT2D eigenvalue weighted by Gasteiger charge is -2.04. The number of rotatable bonds is 5. The number of amides is 1. The summed E-state index contributed by atoms with van der Waals surface area (Å²) in [5.41, 5.74) is 6.86. The number of hydrogen-bond acceptors (Lipinski definition) is 5. The van der Waals surface area contributed by atoms with E-state index in [0.717, 1.165) is 5.01 Å². The number of aromatic nitrogens is 1. The van der Waals surface area contributed by atoms with Crippen molar-refractivity contribution in [2.24, 2.45) is 5.73 Å². The van der Waals surface area contributed by atoms with E-state index in [4.69, 9.17) is 10.8 Å². The maximum absolute atomic E-state index is 11.8. The van der Waals surface area contributed by atoms with E-state index in [1.807, 2.05) is 0 Å². The van der Waals surface area contributed by atoms with E-state index in [0.29, 0.717) is 17.9 Å². The first-order valence-corrected chi connectivity index (χ1v) is 6.73. The molecule has 0 saturated carbocycles. The smallest absolute Gasteiger partial charge is 0.335 e. The lowest BCUT2D eigenvalue weighted by Crippen LogP contribution is -2.14. The number of hydrogen-bond donors (Lipinski definition) is 3. The monoisotopic (exact) mass is 291 g/mol. The van der Waals surface area contributed by atoms with Gasteiger partial charge in [-0.15, -0.1) is 11.3 Å². The van der Waals surface area contributed by atoms with E-state index in [2.05, 4.69) is 10.3 Å². The van der Waals surface area contributed by atoms with Crippen LogP contribution < -0.4 is 11.1 Å². The van der Waals surface area contributed by atoms with Gasteiger partial charge in [-0.3, -0.25) is 4.79 Å². The Morgan fingerprint density at radius 3 is 2.55 bits per heavy atom. The van der Waals surface area contributed by atoms with Gasteiger partial charge < -0.3 is 16.2 Å². The Balaban J connectivity index is 1.95. The average Bonchev–Trinajstić information content (AvgIpc) is 2.86. The molecule has 1 heterocycles. The standard InChI is InChI=1S/C13H13N3O3S/c14-6-12-16-10(7-20-12)5-11(17)15-9-3-1-8(2-4-9)13(18)19/h1-4,7H,5-6,14H2,(H,15,17)(H,18,19). The molecule has 0 aliphatic rings. The topological polar surface area (TPSA) is 105 Å². The number of nitrogens with zero attached hydrogens (tertiary/aromatic N) is 1. The van der Waals surface area contributed by atoms with Crippen LogP contribution in [0, 0.1) is 0 Å². The van der Waals surface area contributed by atoms with Gasteiger partial charge in [0.1, 0.15) is 5.01 Å². The fourth-order valence-electron chi connectivity index (χ4n) is 1.59. The molecule has 2 aromatic rings. The molecule has 1 aromatic carbocycles. The first-order valence-electron chi connectivity index (χ1n) is 5.85. The Hall–Kier alpha value is -2.25. The molecule has 20 heavy (non-hydrogen) atoms. The van der Waals surface area contributed by atoms with Crippen molar-refractivity contribution in [2.75, 3.05) is 5.32 Å². The summed E-state index contributed by atoms with van der Waals surface area (Å²) >= 11 is 1.42. The van der Waals surface area contributed by atoms with Crippen LogP contribution >= 0.6 is 11.3 Å². The molecule has 4 N–H and O–H groups in total. The summed E-state index contributed by atoms with van der Waals surface area (Å²) in [4.78, 5) is 26.7. The molecule has 0 bridgehead atoms. The summed E-state index contributed by atoms with van der Waals surface area (Å²) in [5, 5.41) is 14.1. The second-order valence-corrected chi connectivity index (χ2v) is 4.99. The van der Waals surface area contributed by atoms with Crippen LogP contribution in [0.1, 0.15) is 21.1 Å². The van der Waals surface area contributed by atoms with Crippen molar-refractivity contribution in [3.63, 3.8) is 0 Å². The summed E-state index contributed by atoms with van der Waals surface area (Å²) in [5.74, 6) is -1.21. The Morgan fingerprint density at radius 2 is 2.00 bits per heavy atom. The summed E-state index contributed by atoms with van der Waals surface area (Å²) in [6.45, 7) is 0.364. The fraction of sp³-hybridized carbons (Fsp3) is 0.154. The van der Waals surface area contributed by atoms with Gasteiger partial charge in [-0.2, -0.15) is 0 Å². The van der Waals surface area contributed by atoms with Gasteiger partial charge in [0, 0.05) is 17.6 Å². The third kappa shape index (κ3) is 3.62. The number of benzene rings is 1. The third-order valence-corrected chi connectivity index (χ3v) is 3.45. The second kappa shape index (κ2) is 6.27. The molecule has 104 valence electrons. The van der Waals surface area contributed by atoms with Gasteiger partial charge in [0.15, 0.2) is 0 Å². The van der Waals surface area contributed by atoms with Gasteiger partial charge in [0.25, 0.3) is 0 Å². The van der Waals surface area contributed by atoms with Crippen molar-refractivity contribution in [2.45, 2.75) is 13.0 Å². The number of anilines is 1. The highest BCUT2D eigenvalue weighted by Crippen LogP contribution is 2.12. The van der Waals surface area contributed by atoms with Crippen molar-refractivity contribution in [1.29, 1.82) is 0 Å². The zero-order chi connectivity index (χ0) is 14.5. The molecule has 0 atom stereocenters. The van der Waals surface area contributed by atoms with Crippen LogP contribution in [0.25, 0.3) is 0 Å². The number of thiazole rings is 1. The molecular weight excluding hydrogens is 278 g/mol. The third-order valence-electron chi connectivity index (χ3n) is 2.53. The van der Waals surface area contributed by atoms with Crippen LogP contribution in [0.2, 0.25) is 0 Å². The van der Waals surface area contributed by atoms with Gasteiger partial charge in [0.05, 0.1) is 17.7 Å². The predicted molar refractivity (Wildman–Crippen MR) is 75.7 cm³/mol. The first-order chi connectivity index (χ1) is 9.58. The van der Waals surface area contributed by atoms with Crippen molar-refractivity contribution in [1.82, 2.24) is 4.98 Å². The summed E-state index contributed by atoms with van der Waals surface area (Å²) in [6.07, 6.45) is 0.164. The maximum atomic E-state index is 11.8. The molecule has 0 radical (unpaired) electrons. The molecule has 0 unspecified atom stereocenters. The molecular formula is C13H13N3O3S. The van der Waals surface area contributed by atoms with Crippen molar-refractivity contribution in [3.05, 3.63) is 45.9 Å². The number of carboxylic acid groups (broad SMARTS) is 1. The van der Waals surface area contributed by atoms with Gasteiger partial charge in [-0.25, -0.2) is 9.78 Å². The van der Waals surface area contributed by atoms with Gasteiger partial charge in [-0.1, -0.05) is 0 Å². The predicted octanol–water partition coefficient (Wildman–Crippen LogP) is 1.48. The summed E-state index contributed by atoms with van der Waals surface area (Å²) < 4.78 is 0. The molecule has 6 nitrogen and oxygen atoms in total. The number of nitrogens with one attached hydrogen (secondary N) is 1. The number of nitrogens with two attached hydrogens (primary N) is 1. The normalized spacial score (nSPS) is 10.2. The molecule has 0 aliphatic carbocycles. The van der Waals surface area contributed by atoms with Crippen LogP contribution in [0.15, 0.2) is 29.6 Å². The van der Waals surface area contributed by atoms with Crippen molar-refractivity contribution >= 4 is 28.9 Å². The zero-order valence-corrected chi connectivity index (χ0v) is 11.3. The van der Waals surface area contributed by atoms with E-state index in [1.165, 1.54) is 23.5 Å². The zero-order valence-electron chi connectivity index (χ0n) is 10.5. The Morgan fingerprint density at radius 1 is 1.30 bits per heavy atom. The number of carbonyl (C=O) groups is 2. The SMILES string of the molecule is NCc1nc(CC(=O)Nc2ccc(C(=O)O)cc2)cs1. The number of aromatic carboxylic acids is 1. The van der Waals surface area contributed by atoms with Crippen LogP contribution in [0.3, 0.4) is 0 Å². The number of carbonyl (C=O) groups excluding carboxylic acids is 1. The summed E-state index contributed by atoms with van der Waals surface area (Å²) in [7, 11) is 0. The van der Waals surface area contributed by atoms with E-state index >= 15 is 0 Å². The van der Waals surface area contributed by atoms with Crippen molar-refractivity contribution < 1.29 is 14.7 Å². The number of carboxylic acids is 1. The maximum Gasteiger partial charge on any atom is 0.335 e. The lowest BCUT2D eigenvalue weighted by molar-refractivity contribution is -0.115. The Bertz CT molecular complexity index is 622. The summed E-state index contributed by atoms with van der Waals surface area (Å²) in [6, 6.07) is 5.97. The fourth-order valence-corrected chi connectivity index (χ4v) is 2.26. The molecule has 0 aliphatic heterocycles. The minimum absolute atomic E-state index is 0.164. The highest BCUT2D eigenvalue weighted by molar-refractivity contribution is 7.09. The van der Waals surface area contributed by atoms with Crippen LogP contribution in [-0.2, 0) is 17.8 Å². The van der Waals surface area contributed by atoms with E-state index in [9.17, 15) is 9.59 Å². The molecule has 0 spiro atoms. The highest BCUT2D eigenvalue weighted by Gasteiger charge is 2.08.